The second kappa shape index (κ2) is 5.36. The lowest BCUT2D eigenvalue weighted by Crippen LogP contribution is -1.96. The molecule has 0 bridgehead atoms. The lowest BCUT2D eigenvalue weighted by molar-refractivity contribution is 0.101. The first-order chi connectivity index (χ1) is 8.65. The fourth-order valence-electron chi connectivity index (χ4n) is 1.54. The number of hydrogen-bond acceptors (Lipinski definition) is 3. The van der Waals surface area contributed by atoms with E-state index in [9.17, 15) is 4.79 Å². The zero-order valence-corrected chi connectivity index (χ0v) is 10.1. The van der Waals surface area contributed by atoms with Crippen molar-refractivity contribution in [3.63, 3.8) is 0 Å². The van der Waals surface area contributed by atoms with Gasteiger partial charge in [-0.25, -0.2) is 0 Å². The number of Topliss-reactive ketones (excluding diaryl/α,β-unsaturated/α-hetero) is 1. The van der Waals surface area contributed by atoms with Gasteiger partial charge in [0.25, 0.3) is 0 Å². The number of ketones is 1. The third-order valence-electron chi connectivity index (χ3n) is 2.60. The maximum atomic E-state index is 11.1. The Morgan fingerprint density at radius 2 is 1.67 bits per heavy atom. The van der Waals surface area contributed by atoms with Crippen LogP contribution in [0, 0.1) is 0 Å². The first kappa shape index (κ1) is 12.2. The van der Waals surface area contributed by atoms with Crippen molar-refractivity contribution in [2.45, 2.75) is 13.5 Å². The van der Waals surface area contributed by atoms with Crippen LogP contribution in [0.25, 0.3) is 0 Å². The van der Waals surface area contributed by atoms with Crippen LogP contribution < -0.4 is 4.74 Å². The number of carbonyl (C=O) groups is 1. The second-order valence-electron chi connectivity index (χ2n) is 4.04. The van der Waals surface area contributed by atoms with E-state index in [1.54, 1.807) is 48.5 Å². The third kappa shape index (κ3) is 3.10. The van der Waals surface area contributed by atoms with Crippen LogP contribution in [0.4, 0.5) is 0 Å². The van der Waals surface area contributed by atoms with Crippen molar-refractivity contribution in [1.29, 1.82) is 0 Å². The topological polar surface area (TPSA) is 46.5 Å². The summed E-state index contributed by atoms with van der Waals surface area (Å²) in [6.07, 6.45) is 0. The molecular weight excluding hydrogens is 228 g/mol. The van der Waals surface area contributed by atoms with Gasteiger partial charge in [-0.2, -0.15) is 0 Å². The van der Waals surface area contributed by atoms with Gasteiger partial charge in [0.15, 0.2) is 5.78 Å². The second-order valence-corrected chi connectivity index (χ2v) is 4.04. The monoisotopic (exact) mass is 242 g/mol. The molecular formula is C15H14O3. The van der Waals surface area contributed by atoms with Gasteiger partial charge in [0.05, 0.1) is 0 Å². The molecule has 2 aromatic rings. The van der Waals surface area contributed by atoms with Gasteiger partial charge in [-0.3, -0.25) is 4.79 Å². The highest BCUT2D eigenvalue weighted by molar-refractivity contribution is 5.94. The minimum Gasteiger partial charge on any atom is -0.508 e. The van der Waals surface area contributed by atoms with Crippen LogP contribution >= 0.6 is 0 Å². The van der Waals surface area contributed by atoms with Crippen molar-refractivity contribution in [3.8, 4) is 11.5 Å². The quantitative estimate of drug-likeness (QED) is 0.837. The lowest BCUT2D eigenvalue weighted by Gasteiger charge is -2.06. The maximum absolute atomic E-state index is 11.1. The SMILES string of the molecule is CC(=O)c1ccc(OCc2ccc(O)cc2)cc1. The number of hydrogen-bond donors (Lipinski definition) is 1. The molecule has 0 aliphatic carbocycles. The molecule has 0 unspecified atom stereocenters. The van der Waals surface area contributed by atoms with Crippen molar-refractivity contribution in [2.24, 2.45) is 0 Å². The highest BCUT2D eigenvalue weighted by Crippen LogP contribution is 2.16. The Kier molecular flexibility index (Phi) is 3.63. The number of aromatic hydroxyl groups is 1. The van der Waals surface area contributed by atoms with Crippen LogP contribution in [-0.2, 0) is 6.61 Å². The molecule has 3 nitrogen and oxygen atoms in total. The van der Waals surface area contributed by atoms with Crippen LogP contribution in [0.2, 0.25) is 0 Å². The maximum Gasteiger partial charge on any atom is 0.159 e. The Hall–Kier alpha value is -2.29. The van der Waals surface area contributed by atoms with Crippen LogP contribution in [0.5, 0.6) is 11.5 Å². The van der Waals surface area contributed by atoms with E-state index in [2.05, 4.69) is 0 Å². The van der Waals surface area contributed by atoms with E-state index in [0.29, 0.717) is 17.9 Å². The van der Waals surface area contributed by atoms with Gasteiger partial charge in [0, 0.05) is 5.56 Å². The van der Waals surface area contributed by atoms with Gasteiger partial charge in [-0.15, -0.1) is 0 Å². The van der Waals surface area contributed by atoms with Crippen LogP contribution in [0.3, 0.4) is 0 Å². The summed E-state index contributed by atoms with van der Waals surface area (Å²) < 4.78 is 5.57. The Morgan fingerprint density at radius 3 is 2.22 bits per heavy atom. The summed E-state index contributed by atoms with van der Waals surface area (Å²) in [5, 5.41) is 9.15. The van der Waals surface area contributed by atoms with E-state index >= 15 is 0 Å². The third-order valence-corrected chi connectivity index (χ3v) is 2.60. The van der Waals surface area contributed by atoms with Crippen molar-refractivity contribution < 1.29 is 14.6 Å². The predicted molar refractivity (Wildman–Crippen MR) is 68.9 cm³/mol. The number of ether oxygens (including phenoxy) is 1. The fraction of sp³-hybridized carbons (Fsp3) is 0.133. The minimum absolute atomic E-state index is 0.0417. The smallest absolute Gasteiger partial charge is 0.159 e. The Labute approximate surface area is 106 Å². The van der Waals surface area contributed by atoms with E-state index in [1.165, 1.54) is 6.92 Å². The number of benzene rings is 2. The summed E-state index contributed by atoms with van der Waals surface area (Å²) in [6.45, 7) is 1.96. The van der Waals surface area contributed by atoms with Crippen LogP contribution in [0.15, 0.2) is 48.5 Å². The molecule has 92 valence electrons. The van der Waals surface area contributed by atoms with E-state index in [4.69, 9.17) is 9.84 Å². The summed E-state index contributed by atoms with van der Waals surface area (Å²) >= 11 is 0. The average Bonchev–Trinajstić information content (AvgIpc) is 2.38. The summed E-state index contributed by atoms with van der Waals surface area (Å²) in [5.41, 5.74) is 1.65. The van der Waals surface area contributed by atoms with Crippen LogP contribution in [-0.4, -0.2) is 10.9 Å². The van der Waals surface area contributed by atoms with Gasteiger partial charge in [0.1, 0.15) is 18.1 Å². The zero-order valence-electron chi connectivity index (χ0n) is 10.1. The zero-order chi connectivity index (χ0) is 13.0. The first-order valence-electron chi connectivity index (χ1n) is 5.67. The molecule has 3 heteroatoms. The fourth-order valence-corrected chi connectivity index (χ4v) is 1.54. The number of rotatable bonds is 4. The van der Waals surface area contributed by atoms with Crippen molar-refractivity contribution in [1.82, 2.24) is 0 Å². The highest BCUT2D eigenvalue weighted by Gasteiger charge is 2.00. The largest absolute Gasteiger partial charge is 0.508 e. The molecule has 0 aliphatic rings. The molecule has 18 heavy (non-hydrogen) atoms. The molecule has 0 aromatic heterocycles. The van der Waals surface area contributed by atoms with E-state index in [0.717, 1.165) is 5.56 Å². The highest BCUT2D eigenvalue weighted by atomic mass is 16.5. The Bertz CT molecular complexity index is 527. The summed E-state index contributed by atoms with van der Waals surface area (Å²) in [5.74, 6) is 0.998. The molecule has 1 N–H and O–H groups in total. The number of phenols is 1. The molecule has 0 saturated carbocycles. The summed E-state index contributed by atoms with van der Waals surface area (Å²) in [6, 6.07) is 13.9. The molecule has 0 fully saturated rings. The summed E-state index contributed by atoms with van der Waals surface area (Å²) in [7, 11) is 0. The van der Waals surface area contributed by atoms with Crippen molar-refractivity contribution >= 4 is 5.78 Å². The number of carbonyl (C=O) groups excluding carboxylic acids is 1. The minimum atomic E-state index is 0.0417. The molecule has 0 atom stereocenters. The molecule has 0 spiro atoms. The average molecular weight is 242 g/mol. The van der Waals surface area contributed by atoms with Crippen LogP contribution in [0.1, 0.15) is 22.8 Å². The van der Waals surface area contributed by atoms with E-state index in [-0.39, 0.29) is 11.5 Å². The lowest BCUT2D eigenvalue weighted by atomic mass is 10.1. The van der Waals surface area contributed by atoms with E-state index in [1.807, 2.05) is 0 Å². The molecule has 0 aliphatic heterocycles. The first-order valence-corrected chi connectivity index (χ1v) is 5.67. The van der Waals surface area contributed by atoms with Gasteiger partial charge in [0.2, 0.25) is 0 Å². The molecule has 2 aromatic carbocycles. The number of phenolic OH excluding ortho intramolecular Hbond substituents is 1. The molecule has 0 saturated heterocycles. The Morgan fingerprint density at radius 1 is 1.06 bits per heavy atom. The molecule has 0 radical (unpaired) electrons. The van der Waals surface area contributed by atoms with Gasteiger partial charge < -0.3 is 9.84 Å². The van der Waals surface area contributed by atoms with E-state index < -0.39 is 0 Å². The van der Waals surface area contributed by atoms with Crippen molar-refractivity contribution in [2.75, 3.05) is 0 Å². The summed E-state index contributed by atoms with van der Waals surface area (Å²) in [4.78, 5) is 11.1. The van der Waals surface area contributed by atoms with Gasteiger partial charge in [-0.05, 0) is 48.9 Å². The molecule has 0 heterocycles. The normalized spacial score (nSPS) is 10.1. The van der Waals surface area contributed by atoms with Gasteiger partial charge in [-0.1, -0.05) is 12.1 Å². The standard InChI is InChI=1S/C15H14O3/c1-11(16)13-4-8-15(9-5-13)18-10-12-2-6-14(17)7-3-12/h2-9,17H,10H2,1H3. The molecule has 0 amide bonds. The molecule has 2 rings (SSSR count). The van der Waals surface area contributed by atoms with Crippen molar-refractivity contribution in [3.05, 3.63) is 59.7 Å². The Balaban J connectivity index is 1.97. The predicted octanol–water partition coefficient (Wildman–Crippen LogP) is 3.17. The van der Waals surface area contributed by atoms with Gasteiger partial charge >= 0.3 is 0 Å².